The number of nitrogens with one attached hydrogen (secondary N) is 1. The number of carbonyl (C=O) groups is 1. The van der Waals surface area contributed by atoms with Gasteiger partial charge in [-0.3, -0.25) is 4.79 Å². The van der Waals surface area contributed by atoms with Crippen LogP contribution in [-0.2, 0) is 0 Å². The number of amides is 1. The van der Waals surface area contributed by atoms with E-state index < -0.39 is 0 Å². The molecule has 0 unspecified atom stereocenters. The Morgan fingerprint density at radius 2 is 1.61 bits per heavy atom. The highest BCUT2D eigenvalue weighted by Gasteiger charge is 2.12. The fourth-order valence-corrected chi connectivity index (χ4v) is 3.26. The Labute approximate surface area is 177 Å². The zero-order valence-corrected chi connectivity index (χ0v) is 17.5. The lowest BCUT2D eigenvalue weighted by atomic mass is 10.2. The molecule has 3 aromatic rings. The summed E-state index contributed by atoms with van der Waals surface area (Å²) >= 11 is 2.14. The van der Waals surface area contributed by atoms with Crippen LogP contribution in [0.4, 0.5) is 5.69 Å². The fraction of sp³-hybridized carbons (Fsp3) is 0.136. The van der Waals surface area contributed by atoms with Crippen LogP contribution in [0.3, 0.4) is 0 Å². The van der Waals surface area contributed by atoms with Crippen molar-refractivity contribution in [2.45, 2.75) is 0 Å². The van der Waals surface area contributed by atoms with Crippen molar-refractivity contribution >= 4 is 34.2 Å². The smallest absolute Gasteiger partial charge is 0.255 e. The summed E-state index contributed by atoms with van der Waals surface area (Å²) in [7, 11) is 1.60. The third-order valence-corrected chi connectivity index (χ3v) is 4.75. The monoisotopic (exact) mass is 489 g/mol. The van der Waals surface area contributed by atoms with E-state index in [9.17, 15) is 4.79 Å². The van der Waals surface area contributed by atoms with Crippen molar-refractivity contribution in [3.8, 4) is 17.2 Å². The van der Waals surface area contributed by atoms with E-state index in [1.807, 2.05) is 48.5 Å². The molecule has 3 aromatic carbocycles. The molecule has 0 radical (unpaired) electrons. The topological polar surface area (TPSA) is 56.8 Å². The van der Waals surface area contributed by atoms with Crippen LogP contribution < -0.4 is 19.5 Å². The predicted molar refractivity (Wildman–Crippen MR) is 118 cm³/mol. The first-order valence-electron chi connectivity index (χ1n) is 8.72. The van der Waals surface area contributed by atoms with Crippen LogP contribution in [0.2, 0.25) is 0 Å². The van der Waals surface area contributed by atoms with Crippen LogP contribution in [0.25, 0.3) is 0 Å². The minimum absolute atomic E-state index is 0.211. The molecule has 0 aliphatic heterocycles. The van der Waals surface area contributed by atoms with Crippen molar-refractivity contribution < 1.29 is 19.0 Å². The van der Waals surface area contributed by atoms with Crippen LogP contribution in [0, 0.1) is 3.57 Å². The number of carbonyl (C=O) groups excluding carboxylic acids is 1. The number of halogens is 1. The zero-order valence-electron chi connectivity index (χ0n) is 15.4. The molecule has 3 rings (SSSR count). The van der Waals surface area contributed by atoms with Crippen molar-refractivity contribution in [2.24, 2.45) is 0 Å². The molecule has 0 fully saturated rings. The average Bonchev–Trinajstić information content (AvgIpc) is 2.73. The molecule has 0 atom stereocenters. The molecule has 0 bridgehead atoms. The Bertz CT molecular complexity index is 931. The normalized spacial score (nSPS) is 10.2. The maximum Gasteiger partial charge on any atom is 0.255 e. The van der Waals surface area contributed by atoms with Gasteiger partial charge in [-0.15, -0.1) is 0 Å². The van der Waals surface area contributed by atoms with Gasteiger partial charge in [0.25, 0.3) is 5.91 Å². The van der Waals surface area contributed by atoms with Gasteiger partial charge in [0.2, 0.25) is 0 Å². The summed E-state index contributed by atoms with van der Waals surface area (Å²) < 4.78 is 17.5. The van der Waals surface area contributed by atoms with Crippen molar-refractivity contribution in [1.82, 2.24) is 0 Å². The van der Waals surface area contributed by atoms with Crippen LogP contribution >= 0.6 is 22.6 Å². The summed E-state index contributed by atoms with van der Waals surface area (Å²) in [5, 5.41) is 2.90. The Hall–Kier alpha value is -2.74. The molecule has 0 saturated heterocycles. The van der Waals surface area contributed by atoms with Crippen LogP contribution in [0.1, 0.15) is 10.4 Å². The van der Waals surface area contributed by atoms with Gasteiger partial charge >= 0.3 is 0 Å². The molecule has 0 aliphatic rings. The van der Waals surface area contributed by atoms with Gasteiger partial charge in [0.15, 0.2) is 0 Å². The number of methoxy groups -OCH3 is 1. The summed E-state index contributed by atoms with van der Waals surface area (Å²) in [5.41, 5.74) is 1.16. The van der Waals surface area contributed by atoms with E-state index in [2.05, 4.69) is 27.9 Å². The van der Waals surface area contributed by atoms with Gasteiger partial charge in [-0.1, -0.05) is 30.3 Å². The second-order valence-corrected chi connectivity index (χ2v) is 6.97. The van der Waals surface area contributed by atoms with Gasteiger partial charge in [-0.25, -0.2) is 0 Å². The average molecular weight is 489 g/mol. The Kier molecular flexibility index (Phi) is 7.13. The first kappa shape index (κ1) is 20.0. The van der Waals surface area contributed by atoms with Crippen LogP contribution in [0.5, 0.6) is 17.2 Å². The maximum atomic E-state index is 12.6. The lowest BCUT2D eigenvalue weighted by molar-refractivity contribution is 0.102. The lowest BCUT2D eigenvalue weighted by Crippen LogP contribution is -2.14. The van der Waals surface area contributed by atoms with Crippen molar-refractivity contribution in [3.05, 3.63) is 81.9 Å². The highest BCUT2D eigenvalue weighted by atomic mass is 127. The number of ether oxygens (including phenoxy) is 3. The molecule has 0 heterocycles. The molecule has 0 saturated carbocycles. The van der Waals surface area contributed by atoms with E-state index in [-0.39, 0.29) is 5.91 Å². The minimum atomic E-state index is -0.211. The summed E-state index contributed by atoms with van der Waals surface area (Å²) in [6.07, 6.45) is 0. The molecule has 1 amide bonds. The molecule has 0 spiro atoms. The Morgan fingerprint density at radius 1 is 0.893 bits per heavy atom. The molecule has 0 aromatic heterocycles. The highest BCUT2D eigenvalue weighted by Crippen LogP contribution is 2.26. The molecule has 1 N–H and O–H groups in total. The van der Waals surface area contributed by atoms with Crippen molar-refractivity contribution in [3.63, 3.8) is 0 Å². The number of rotatable bonds is 8. The quantitative estimate of drug-likeness (QED) is 0.357. The SMILES string of the molecule is COc1ccc(C(=O)Nc2ccccc2OCCOc2ccccc2)cc1I. The number of para-hydroxylation sites is 3. The van der Waals surface area contributed by atoms with E-state index in [1.165, 1.54) is 0 Å². The molecule has 28 heavy (non-hydrogen) atoms. The first-order chi connectivity index (χ1) is 13.7. The maximum absolute atomic E-state index is 12.6. The van der Waals surface area contributed by atoms with Gasteiger partial charge in [0, 0.05) is 5.56 Å². The number of hydrogen-bond acceptors (Lipinski definition) is 4. The van der Waals surface area contributed by atoms with Gasteiger partial charge in [-0.05, 0) is 65.1 Å². The predicted octanol–water partition coefficient (Wildman–Crippen LogP) is 5.01. The Morgan fingerprint density at radius 3 is 2.36 bits per heavy atom. The van der Waals surface area contributed by atoms with Gasteiger partial charge in [0.1, 0.15) is 30.5 Å². The summed E-state index contributed by atoms with van der Waals surface area (Å²) in [6.45, 7) is 0.769. The minimum Gasteiger partial charge on any atom is -0.496 e. The highest BCUT2D eigenvalue weighted by molar-refractivity contribution is 14.1. The summed E-state index contributed by atoms with van der Waals surface area (Å²) in [5.74, 6) is 1.91. The van der Waals surface area contributed by atoms with Crippen molar-refractivity contribution in [1.29, 1.82) is 0 Å². The second kappa shape index (κ2) is 9.98. The number of hydrogen-bond donors (Lipinski definition) is 1. The van der Waals surface area contributed by atoms with E-state index in [1.54, 1.807) is 31.4 Å². The molecular formula is C22H20INO4. The van der Waals surface area contributed by atoms with Gasteiger partial charge in [-0.2, -0.15) is 0 Å². The van der Waals surface area contributed by atoms with Gasteiger partial charge in [0.05, 0.1) is 16.4 Å². The van der Waals surface area contributed by atoms with E-state index >= 15 is 0 Å². The molecule has 5 nitrogen and oxygen atoms in total. The lowest BCUT2D eigenvalue weighted by Gasteiger charge is -2.13. The largest absolute Gasteiger partial charge is 0.496 e. The summed E-state index contributed by atoms with van der Waals surface area (Å²) in [6, 6.07) is 22.2. The van der Waals surface area contributed by atoms with Crippen molar-refractivity contribution in [2.75, 3.05) is 25.6 Å². The Balaban J connectivity index is 1.60. The molecule has 144 valence electrons. The van der Waals surface area contributed by atoms with E-state index in [0.29, 0.717) is 30.2 Å². The standard InChI is InChI=1S/C22H20INO4/c1-26-20-12-11-16(15-18(20)23)22(25)24-19-9-5-6-10-21(19)28-14-13-27-17-7-3-2-4-8-17/h2-12,15H,13-14H2,1H3,(H,24,25). The van der Waals surface area contributed by atoms with Crippen LogP contribution in [0.15, 0.2) is 72.8 Å². The number of anilines is 1. The van der Waals surface area contributed by atoms with E-state index in [0.717, 1.165) is 15.1 Å². The second-order valence-electron chi connectivity index (χ2n) is 5.81. The summed E-state index contributed by atoms with van der Waals surface area (Å²) in [4.78, 5) is 12.6. The number of benzene rings is 3. The third-order valence-electron chi connectivity index (χ3n) is 3.90. The first-order valence-corrected chi connectivity index (χ1v) is 9.80. The third kappa shape index (κ3) is 5.39. The molecular weight excluding hydrogens is 469 g/mol. The molecule has 0 aliphatic carbocycles. The van der Waals surface area contributed by atoms with E-state index in [4.69, 9.17) is 14.2 Å². The van der Waals surface area contributed by atoms with Gasteiger partial charge < -0.3 is 19.5 Å². The fourth-order valence-electron chi connectivity index (χ4n) is 2.53. The van der Waals surface area contributed by atoms with Crippen LogP contribution in [-0.4, -0.2) is 26.2 Å². The zero-order chi connectivity index (χ0) is 19.8. The molecule has 6 heteroatoms.